The molecule has 2 rings (SSSR count). The van der Waals surface area contributed by atoms with Crippen molar-refractivity contribution in [3.05, 3.63) is 29.3 Å². The van der Waals surface area contributed by atoms with Gasteiger partial charge in [0.15, 0.2) is 0 Å². The first kappa shape index (κ1) is 14.3. The topological polar surface area (TPSA) is 55.1 Å². The van der Waals surface area contributed by atoms with Crippen LogP contribution >= 0.6 is 11.8 Å². The first-order valence-electron chi connectivity index (χ1n) is 6.80. The van der Waals surface area contributed by atoms with E-state index in [1.807, 2.05) is 36.9 Å². The third-order valence-corrected chi connectivity index (χ3v) is 5.10. The van der Waals surface area contributed by atoms with Crippen LogP contribution in [0.4, 0.5) is 5.69 Å². The van der Waals surface area contributed by atoms with Crippen molar-refractivity contribution in [2.45, 2.75) is 43.9 Å². The summed E-state index contributed by atoms with van der Waals surface area (Å²) in [5.74, 6) is 0.0115. The van der Waals surface area contributed by atoms with Crippen LogP contribution in [0.25, 0.3) is 0 Å². The van der Waals surface area contributed by atoms with E-state index in [0.29, 0.717) is 17.3 Å². The number of carbonyl (C=O) groups excluding carboxylic acids is 1. The quantitative estimate of drug-likeness (QED) is 0.836. The zero-order chi connectivity index (χ0) is 13.8. The monoisotopic (exact) mass is 278 g/mol. The fourth-order valence-corrected chi connectivity index (χ4v) is 3.35. The molecule has 19 heavy (non-hydrogen) atoms. The van der Waals surface area contributed by atoms with Crippen LogP contribution in [0.3, 0.4) is 0 Å². The van der Waals surface area contributed by atoms with E-state index in [1.165, 1.54) is 12.8 Å². The molecule has 1 saturated carbocycles. The highest BCUT2D eigenvalue weighted by atomic mass is 32.2. The molecule has 0 unspecified atom stereocenters. The van der Waals surface area contributed by atoms with Gasteiger partial charge in [-0.1, -0.05) is 6.07 Å². The van der Waals surface area contributed by atoms with E-state index in [2.05, 4.69) is 11.6 Å². The van der Waals surface area contributed by atoms with Crippen molar-refractivity contribution < 1.29 is 4.79 Å². The van der Waals surface area contributed by atoms with Crippen molar-refractivity contribution in [2.75, 3.05) is 12.0 Å². The Morgan fingerprint density at radius 2 is 2.00 bits per heavy atom. The Balaban J connectivity index is 1.96. The second kappa shape index (κ2) is 6.33. The molecule has 1 aromatic rings. The molecule has 104 valence electrons. The Hall–Kier alpha value is -1.16. The van der Waals surface area contributed by atoms with E-state index in [-0.39, 0.29) is 5.91 Å². The molecule has 3 N–H and O–H groups in total. The molecule has 0 aromatic heterocycles. The lowest BCUT2D eigenvalue weighted by molar-refractivity contribution is 0.0927. The molecular weight excluding hydrogens is 256 g/mol. The summed E-state index contributed by atoms with van der Waals surface area (Å²) in [5, 5.41) is 3.91. The number of anilines is 1. The summed E-state index contributed by atoms with van der Waals surface area (Å²) in [4.78, 5) is 12.3. The summed E-state index contributed by atoms with van der Waals surface area (Å²) in [7, 11) is 0. The van der Waals surface area contributed by atoms with Gasteiger partial charge in [-0.15, -0.1) is 0 Å². The minimum atomic E-state index is 0.0115. The van der Waals surface area contributed by atoms with Crippen molar-refractivity contribution in [1.82, 2.24) is 5.32 Å². The van der Waals surface area contributed by atoms with Gasteiger partial charge >= 0.3 is 0 Å². The second-order valence-electron chi connectivity index (χ2n) is 5.20. The molecule has 1 fully saturated rings. The highest BCUT2D eigenvalue weighted by Gasteiger charge is 2.22. The minimum absolute atomic E-state index is 0.0115. The lowest BCUT2D eigenvalue weighted by atomic mass is 9.94. The zero-order valence-corrected chi connectivity index (χ0v) is 12.4. The number of amides is 1. The summed E-state index contributed by atoms with van der Waals surface area (Å²) in [6, 6.07) is 5.82. The van der Waals surface area contributed by atoms with E-state index >= 15 is 0 Å². The molecule has 1 amide bonds. The Morgan fingerprint density at radius 3 is 2.63 bits per heavy atom. The van der Waals surface area contributed by atoms with Gasteiger partial charge in [0, 0.05) is 22.5 Å². The number of nitrogens with one attached hydrogen (secondary N) is 1. The number of hydrogen-bond acceptors (Lipinski definition) is 3. The first-order valence-corrected chi connectivity index (χ1v) is 8.09. The van der Waals surface area contributed by atoms with Crippen molar-refractivity contribution in [3.63, 3.8) is 0 Å². The van der Waals surface area contributed by atoms with Crippen LogP contribution in [-0.2, 0) is 0 Å². The lowest BCUT2D eigenvalue weighted by Crippen LogP contribution is -2.38. The molecule has 1 aliphatic rings. The number of hydrogen-bond donors (Lipinski definition) is 2. The number of rotatable bonds is 3. The summed E-state index contributed by atoms with van der Waals surface area (Å²) in [6.07, 6.45) is 6.72. The molecule has 0 atom stereocenters. The van der Waals surface area contributed by atoms with E-state index in [4.69, 9.17) is 5.73 Å². The summed E-state index contributed by atoms with van der Waals surface area (Å²) in [5.41, 5.74) is 8.10. The Kier molecular flexibility index (Phi) is 4.75. The van der Waals surface area contributed by atoms with Gasteiger partial charge in [0.2, 0.25) is 0 Å². The van der Waals surface area contributed by atoms with E-state index in [0.717, 1.165) is 23.7 Å². The smallest absolute Gasteiger partial charge is 0.251 e. The van der Waals surface area contributed by atoms with Crippen molar-refractivity contribution >= 4 is 23.4 Å². The summed E-state index contributed by atoms with van der Waals surface area (Å²) in [6.45, 7) is 1.90. The number of thioether (sulfide) groups is 1. The van der Waals surface area contributed by atoms with E-state index in [1.54, 1.807) is 0 Å². The van der Waals surface area contributed by atoms with E-state index in [9.17, 15) is 4.79 Å². The van der Waals surface area contributed by atoms with Gasteiger partial charge in [-0.3, -0.25) is 4.79 Å². The zero-order valence-electron chi connectivity index (χ0n) is 11.6. The number of benzene rings is 1. The predicted octanol–water partition coefficient (Wildman–Crippen LogP) is 2.98. The minimum Gasteiger partial charge on any atom is -0.398 e. The number of carbonyl (C=O) groups is 1. The van der Waals surface area contributed by atoms with Crippen molar-refractivity contribution in [2.24, 2.45) is 0 Å². The second-order valence-corrected chi connectivity index (χ2v) is 6.34. The molecule has 0 bridgehead atoms. The summed E-state index contributed by atoms with van der Waals surface area (Å²) < 4.78 is 0. The van der Waals surface area contributed by atoms with Crippen LogP contribution in [0.5, 0.6) is 0 Å². The van der Waals surface area contributed by atoms with Crippen LogP contribution in [0.15, 0.2) is 18.2 Å². The Morgan fingerprint density at radius 1 is 1.32 bits per heavy atom. The maximum atomic E-state index is 12.3. The number of nitrogens with two attached hydrogens (primary N) is 1. The maximum absolute atomic E-state index is 12.3. The van der Waals surface area contributed by atoms with Crippen molar-refractivity contribution in [3.8, 4) is 0 Å². The predicted molar refractivity (Wildman–Crippen MR) is 82.6 cm³/mol. The highest BCUT2D eigenvalue weighted by Crippen LogP contribution is 2.27. The average molecular weight is 278 g/mol. The third-order valence-electron chi connectivity index (χ3n) is 3.96. The fraction of sp³-hybridized carbons (Fsp3) is 0.533. The Bertz CT molecular complexity index is 453. The average Bonchev–Trinajstić information content (AvgIpc) is 2.42. The van der Waals surface area contributed by atoms with Gasteiger partial charge in [-0.25, -0.2) is 0 Å². The van der Waals surface area contributed by atoms with Gasteiger partial charge < -0.3 is 11.1 Å². The maximum Gasteiger partial charge on any atom is 0.251 e. The number of nitrogen functional groups attached to an aromatic ring is 1. The largest absolute Gasteiger partial charge is 0.398 e. The van der Waals surface area contributed by atoms with Crippen LogP contribution < -0.4 is 11.1 Å². The fourth-order valence-electron chi connectivity index (χ4n) is 2.61. The van der Waals surface area contributed by atoms with Crippen LogP contribution in [0.2, 0.25) is 0 Å². The van der Waals surface area contributed by atoms with Gasteiger partial charge in [-0.05, 0) is 56.6 Å². The van der Waals surface area contributed by atoms with Gasteiger partial charge in [0.05, 0.1) is 0 Å². The highest BCUT2D eigenvalue weighted by molar-refractivity contribution is 7.99. The lowest BCUT2D eigenvalue weighted by Gasteiger charge is -2.28. The molecule has 0 heterocycles. The Labute approximate surface area is 119 Å². The normalized spacial score (nSPS) is 23.1. The molecule has 1 aliphatic carbocycles. The van der Waals surface area contributed by atoms with Gasteiger partial charge in [0.25, 0.3) is 5.91 Å². The summed E-state index contributed by atoms with van der Waals surface area (Å²) >= 11 is 1.94. The van der Waals surface area contributed by atoms with E-state index < -0.39 is 0 Å². The standard InChI is InChI=1S/C15H22N2OS/c1-10-13(4-3-5-14(10)16)15(18)17-11-6-8-12(19-2)9-7-11/h3-5,11-12H,6-9,16H2,1-2H3,(H,17,18). The molecule has 4 heteroatoms. The molecule has 0 saturated heterocycles. The molecule has 0 aliphatic heterocycles. The third kappa shape index (κ3) is 3.44. The van der Waals surface area contributed by atoms with Crippen LogP contribution in [-0.4, -0.2) is 23.5 Å². The van der Waals surface area contributed by atoms with Gasteiger partial charge in [-0.2, -0.15) is 11.8 Å². The van der Waals surface area contributed by atoms with Crippen LogP contribution in [0.1, 0.15) is 41.6 Å². The molecular formula is C15H22N2OS. The molecule has 3 nitrogen and oxygen atoms in total. The molecule has 0 spiro atoms. The molecule has 1 aromatic carbocycles. The van der Waals surface area contributed by atoms with Gasteiger partial charge in [0.1, 0.15) is 0 Å². The first-order chi connectivity index (χ1) is 9.11. The van der Waals surface area contributed by atoms with Crippen molar-refractivity contribution in [1.29, 1.82) is 0 Å². The SMILES string of the molecule is CSC1CCC(NC(=O)c2cccc(N)c2C)CC1. The van der Waals surface area contributed by atoms with Crippen LogP contribution in [0, 0.1) is 6.92 Å². The molecule has 0 radical (unpaired) electrons.